The van der Waals surface area contributed by atoms with Crippen molar-refractivity contribution in [2.75, 3.05) is 19.8 Å². The Kier molecular flexibility index (Phi) is 7.98. The minimum atomic E-state index is -0.388. The summed E-state index contributed by atoms with van der Waals surface area (Å²) < 4.78 is 25.5. The Balaban J connectivity index is 1.48. The van der Waals surface area contributed by atoms with Crippen LogP contribution >= 0.6 is 0 Å². The van der Waals surface area contributed by atoms with Gasteiger partial charge >= 0.3 is 0 Å². The van der Waals surface area contributed by atoms with Crippen molar-refractivity contribution >= 4 is 5.91 Å². The standard InChI is InChI=1S/C28H31FN2O4/c1-19-15-25(27(32)30-20(19)2)28(33)31(18-24-10-6-13-34-24)17-21-7-5-9-23(16-21)35-14-12-22-8-3-4-11-26(22)29/h3-5,7-9,11,15-16,24H,6,10,12-14,17-18H2,1-2H3,(H,30,32)/t24-/m1/s1. The lowest BCUT2D eigenvalue weighted by molar-refractivity contribution is 0.0505. The van der Waals surface area contributed by atoms with E-state index in [1.54, 1.807) is 29.2 Å². The number of aryl methyl sites for hydroxylation is 2. The average molecular weight is 479 g/mol. The zero-order valence-electron chi connectivity index (χ0n) is 20.2. The van der Waals surface area contributed by atoms with Gasteiger partial charge < -0.3 is 19.4 Å². The van der Waals surface area contributed by atoms with Crippen LogP contribution in [0.3, 0.4) is 0 Å². The molecule has 0 bridgehead atoms. The Morgan fingerprint density at radius 2 is 2.00 bits per heavy atom. The Morgan fingerprint density at radius 1 is 1.17 bits per heavy atom. The number of nitrogens with one attached hydrogen (secondary N) is 1. The molecule has 1 N–H and O–H groups in total. The summed E-state index contributed by atoms with van der Waals surface area (Å²) in [5, 5.41) is 0. The molecule has 0 unspecified atom stereocenters. The highest BCUT2D eigenvalue weighted by atomic mass is 19.1. The van der Waals surface area contributed by atoms with Crippen molar-refractivity contribution in [2.45, 2.75) is 45.8 Å². The fraction of sp³-hybridized carbons (Fsp3) is 0.357. The number of halogens is 1. The van der Waals surface area contributed by atoms with Crippen molar-refractivity contribution in [2.24, 2.45) is 0 Å². The molecule has 1 saturated heterocycles. The SMILES string of the molecule is Cc1cc(C(=O)N(Cc2cccc(OCCc3ccccc3F)c2)C[C@H]2CCCO2)c(=O)[nH]c1C. The van der Waals surface area contributed by atoms with Crippen molar-refractivity contribution in [3.05, 3.63) is 98.7 Å². The molecule has 1 aromatic heterocycles. The van der Waals surface area contributed by atoms with E-state index in [2.05, 4.69) is 4.98 Å². The van der Waals surface area contributed by atoms with Crippen molar-refractivity contribution in [1.29, 1.82) is 0 Å². The summed E-state index contributed by atoms with van der Waals surface area (Å²) in [6.45, 7) is 5.42. The van der Waals surface area contributed by atoms with Crippen LogP contribution in [0.2, 0.25) is 0 Å². The van der Waals surface area contributed by atoms with Crippen LogP contribution in [0.15, 0.2) is 59.4 Å². The Morgan fingerprint density at radius 3 is 2.77 bits per heavy atom. The number of H-pyrrole nitrogens is 1. The Bertz CT molecular complexity index is 1230. The Labute approximate surface area is 204 Å². The minimum Gasteiger partial charge on any atom is -0.493 e. The number of rotatable bonds is 9. The molecule has 1 atom stereocenters. The maximum absolute atomic E-state index is 13.9. The van der Waals surface area contributed by atoms with Gasteiger partial charge in [0.1, 0.15) is 17.1 Å². The lowest BCUT2D eigenvalue weighted by Gasteiger charge is -2.26. The second-order valence-electron chi connectivity index (χ2n) is 8.98. The summed E-state index contributed by atoms with van der Waals surface area (Å²) in [5.74, 6) is 0.0811. The maximum atomic E-state index is 13.9. The first-order valence-electron chi connectivity index (χ1n) is 12.0. The molecule has 35 heavy (non-hydrogen) atoms. The zero-order valence-corrected chi connectivity index (χ0v) is 20.2. The van der Waals surface area contributed by atoms with E-state index in [0.29, 0.717) is 44.0 Å². The smallest absolute Gasteiger partial charge is 0.261 e. The van der Waals surface area contributed by atoms with Crippen LogP contribution in [0.4, 0.5) is 4.39 Å². The lowest BCUT2D eigenvalue weighted by Crippen LogP contribution is -2.39. The molecule has 0 saturated carbocycles. The summed E-state index contributed by atoms with van der Waals surface area (Å²) in [6.07, 6.45) is 2.25. The number of benzene rings is 2. The molecular weight excluding hydrogens is 447 g/mol. The molecule has 6 nitrogen and oxygen atoms in total. The quantitative estimate of drug-likeness (QED) is 0.489. The van der Waals surface area contributed by atoms with Crippen LogP contribution in [-0.4, -0.2) is 41.7 Å². The van der Waals surface area contributed by atoms with Crippen molar-refractivity contribution < 1.29 is 18.7 Å². The summed E-state index contributed by atoms with van der Waals surface area (Å²) in [6, 6.07) is 15.8. The van der Waals surface area contributed by atoms with E-state index in [1.165, 1.54) is 6.07 Å². The van der Waals surface area contributed by atoms with Gasteiger partial charge in [-0.15, -0.1) is 0 Å². The highest BCUT2D eigenvalue weighted by molar-refractivity contribution is 5.94. The molecule has 1 fully saturated rings. The van der Waals surface area contributed by atoms with Gasteiger partial charge in [-0.2, -0.15) is 0 Å². The van der Waals surface area contributed by atoms with Crippen molar-refractivity contribution in [3.63, 3.8) is 0 Å². The number of amides is 1. The fourth-order valence-electron chi connectivity index (χ4n) is 4.24. The second-order valence-corrected chi connectivity index (χ2v) is 8.98. The van der Waals surface area contributed by atoms with E-state index < -0.39 is 0 Å². The third-order valence-electron chi connectivity index (χ3n) is 6.33. The first-order valence-corrected chi connectivity index (χ1v) is 12.0. The minimum absolute atomic E-state index is 0.0511. The van der Waals surface area contributed by atoms with Crippen molar-refractivity contribution in [3.8, 4) is 5.75 Å². The highest BCUT2D eigenvalue weighted by Gasteiger charge is 2.25. The van der Waals surface area contributed by atoms with Crippen LogP contribution in [0.5, 0.6) is 5.75 Å². The van der Waals surface area contributed by atoms with E-state index in [0.717, 1.165) is 29.7 Å². The van der Waals surface area contributed by atoms with Crippen LogP contribution in [0.25, 0.3) is 0 Å². The number of aromatic nitrogens is 1. The molecule has 1 aliphatic rings. The normalized spacial score (nSPS) is 15.2. The number of carbonyl (C=O) groups excluding carboxylic acids is 1. The molecule has 3 aromatic rings. The van der Waals surface area contributed by atoms with E-state index in [1.807, 2.05) is 38.1 Å². The number of nitrogens with zero attached hydrogens (tertiary/aromatic N) is 1. The Hall–Kier alpha value is -3.45. The summed E-state index contributed by atoms with van der Waals surface area (Å²) >= 11 is 0. The monoisotopic (exact) mass is 478 g/mol. The van der Waals surface area contributed by atoms with Gasteiger partial charge in [0.05, 0.1) is 12.7 Å². The molecule has 0 radical (unpaired) electrons. The zero-order chi connectivity index (χ0) is 24.8. The van der Waals surface area contributed by atoms with E-state index in [9.17, 15) is 14.0 Å². The highest BCUT2D eigenvalue weighted by Crippen LogP contribution is 2.20. The molecule has 1 amide bonds. The van der Waals surface area contributed by atoms with Crippen LogP contribution in [0.1, 0.15) is 45.6 Å². The number of carbonyl (C=O) groups is 1. The molecule has 2 heterocycles. The average Bonchev–Trinajstić information content (AvgIpc) is 3.35. The molecule has 184 valence electrons. The molecule has 4 rings (SSSR count). The molecule has 2 aromatic carbocycles. The third kappa shape index (κ3) is 6.36. The number of hydrogen-bond donors (Lipinski definition) is 1. The van der Waals surface area contributed by atoms with E-state index >= 15 is 0 Å². The number of hydrogen-bond acceptors (Lipinski definition) is 4. The molecule has 1 aliphatic heterocycles. The maximum Gasteiger partial charge on any atom is 0.261 e. The van der Waals surface area contributed by atoms with Gasteiger partial charge in [0.15, 0.2) is 0 Å². The topological polar surface area (TPSA) is 71.6 Å². The first kappa shape index (κ1) is 24.7. The summed E-state index contributed by atoms with van der Waals surface area (Å²) in [4.78, 5) is 30.5. The molecule has 0 aliphatic carbocycles. The number of aromatic amines is 1. The van der Waals surface area contributed by atoms with Gasteiger partial charge in [-0.05, 0) is 67.6 Å². The largest absolute Gasteiger partial charge is 0.493 e. The van der Waals surface area contributed by atoms with Crippen molar-refractivity contribution in [1.82, 2.24) is 9.88 Å². The van der Waals surface area contributed by atoms with Gasteiger partial charge in [0.2, 0.25) is 0 Å². The second kappa shape index (κ2) is 11.3. The first-order chi connectivity index (χ1) is 16.9. The lowest BCUT2D eigenvalue weighted by atomic mass is 10.1. The van der Waals surface area contributed by atoms with Crippen LogP contribution in [-0.2, 0) is 17.7 Å². The van der Waals surface area contributed by atoms with Crippen LogP contribution < -0.4 is 10.3 Å². The van der Waals surface area contributed by atoms with Crippen LogP contribution in [0, 0.1) is 19.7 Å². The summed E-state index contributed by atoms with van der Waals surface area (Å²) in [7, 11) is 0. The van der Waals surface area contributed by atoms with Gasteiger partial charge in [0.25, 0.3) is 11.5 Å². The fourth-order valence-corrected chi connectivity index (χ4v) is 4.24. The molecular formula is C28H31FN2O4. The van der Waals surface area contributed by atoms with Gasteiger partial charge in [-0.25, -0.2) is 4.39 Å². The number of ether oxygens (including phenoxy) is 2. The molecule has 0 spiro atoms. The molecule has 7 heteroatoms. The van der Waals surface area contributed by atoms with E-state index in [4.69, 9.17) is 9.47 Å². The van der Waals surface area contributed by atoms with Gasteiger partial charge in [-0.1, -0.05) is 30.3 Å². The van der Waals surface area contributed by atoms with E-state index in [-0.39, 0.29) is 29.0 Å². The number of pyridine rings is 1. The van der Waals surface area contributed by atoms with Gasteiger partial charge in [-0.3, -0.25) is 9.59 Å². The predicted octanol–water partition coefficient (Wildman–Crippen LogP) is 4.57. The summed E-state index contributed by atoms with van der Waals surface area (Å²) in [5.41, 5.74) is 2.83. The predicted molar refractivity (Wildman–Crippen MR) is 132 cm³/mol. The van der Waals surface area contributed by atoms with Gasteiger partial charge in [0, 0.05) is 31.8 Å². The third-order valence-corrected chi connectivity index (χ3v) is 6.33.